The summed E-state index contributed by atoms with van der Waals surface area (Å²) in [5, 5.41) is 4.28. The van der Waals surface area contributed by atoms with E-state index >= 15 is 0 Å². The summed E-state index contributed by atoms with van der Waals surface area (Å²) in [7, 11) is 0. The van der Waals surface area contributed by atoms with Crippen LogP contribution in [0.2, 0.25) is 0 Å². The van der Waals surface area contributed by atoms with Gasteiger partial charge in [-0.3, -0.25) is 9.48 Å². The summed E-state index contributed by atoms with van der Waals surface area (Å²) in [6.07, 6.45) is 7.90. The highest BCUT2D eigenvalue weighted by Gasteiger charge is 2.47. The summed E-state index contributed by atoms with van der Waals surface area (Å²) < 4.78 is 15.0. The highest BCUT2D eigenvalue weighted by atomic mass is 19.1. The molecule has 24 heavy (non-hydrogen) atoms. The maximum Gasteiger partial charge on any atom is 0.226 e. The van der Waals surface area contributed by atoms with Gasteiger partial charge in [-0.15, -0.1) is 0 Å². The third-order valence-corrected chi connectivity index (χ3v) is 5.27. The van der Waals surface area contributed by atoms with Crippen LogP contribution >= 0.6 is 0 Å². The molecule has 1 saturated heterocycles. The molecule has 126 valence electrons. The number of carbonyl (C=O) groups is 1. The molecule has 3 atom stereocenters. The van der Waals surface area contributed by atoms with E-state index in [2.05, 4.69) is 10.00 Å². The number of halogens is 1. The molecule has 5 heteroatoms. The van der Waals surface area contributed by atoms with E-state index < -0.39 is 0 Å². The first kappa shape index (κ1) is 15.4. The van der Waals surface area contributed by atoms with Gasteiger partial charge in [0.25, 0.3) is 0 Å². The van der Waals surface area contributed by atoms with Gasteiger partial charge < -0.3 is 4.90 Å². The molecule has 1 amide bonds. The Morgan fingerprint density at radius 1 is 1.25 bits per heavy atom. The molecule has 2 heterocycles. The van der Waals surface area contributed by atoms with Gasteiger partial charge in [-0.05, 0) is 55.4 Å². The fraction of sp³-hybridized carbons (Fsp3) is 0.474. The number of hydrogen-bond donors (Lipinski definition) is 0. The number of carbonyl (C=O) groups excluding carboxylic acids is 1. The molecule has 2 fully saturated rings. The van der Waals surface area contributed by atoms with E-state index in [0.717, 1.165) is 37.9 Å². The average Bonchev–Trinajstić information content (AvgIpc) is 3.24. The largest absolute Gasteiger partial charge is 0.338 e. The maximum atomic E-state index is 13.1. The molecule has 1 aliphatic carbocycles. The van der Waals surface area contributed by atoms with Crippen LogP contribution in [0.5, 0.6) is 0 Å². The first-order valence-corrected chi connectivity index (χ1v) is 8.76. The lowest BCUT2D eigenvalue weighted by Gasteiger charge is -2.36. The van der Waals surface area contributed by atoms with Crippen LogP contribution in [-0.4, -0.2) is 33.2 Å². The Morgan fingerprint density at radius 3 is 2.83 bits per heavy atom. The predicted octanol–water partition coefficient (Wildman–Crippen LogP) is 3.21. The lowest BCUT2D eigenvalue weighted by atomic mass is 10.0. The molecule has 3 unspecified atom stereocenters. The second-order valence-electron chi connectivity index (χ2n) is 6.91. The number of piperidine rings is 1. The van der Waals surface area contributed by atoms with Crippen molar-refractivity contribution in [1.82, 2.24) is 14.7 Å². The van der Waals surface area contributed by atoms with E-state index in [1.807, 2.05) is 29.1 Å². The van der Waals surface area contributed by atoms with Gasteiger partial charge in [0, 0.05) is 24.9 Å². The quantitative estimate of drug-likeness (QED) is 0.865. The Hall–Kier alpha value is -2.17. The van der Waals surface area contributed by atoms with Gasteiger partial charge in [-0.2, -0.15) is 5.10 Å². The first-order valence-electron chi connectivity index (χ1n) is 8.76. The van der Waals surface area contributed by atoms with Gasteiger partial charge >= 0.3 is 0 Å². The van der Waals surface area contributed by atoms with Gasteiger partial charge in [0.05, 0.1) is 12.6 Å². The van der Waals surface area contributed by atoms with E-state index in [1.54, 1.807) is 6.20 Å². The summed E-state index contributed by atoms with van der Waals surface area (Å²) in [5.41, 5.74) is 1.08. The van der Waals surface area contributed by atoms with Crippen LogP contribution in [0.25, 0.3) is 0 Å². The summed E-state index contributed by atoms with van der Waals surface area (Å²) in [6, 6.07) is 8.74. The Balaban J connectivity index is 1.43. The predicted molar refractivity (Wildman–Crippen MR) is 88.8 cm³/mol. The fourth-order valence-electron chi connectivity index (χ4n) is 3.86. The van der Waals surface area contributed by atoms with E-state index in [9.17, 15) is 9.18 Å². The molecule has 0 radical (unpaired) electrons. The number of nitrogens with zero attached hydrogens (tertiary/aromatic N) is 3. The Bertz CT molecular complexity index is 698. The van der Waals surface area contributed by atoms with Gasteiger partial charge in [0.2, 0.25) is 5.91 Å². The van der Waals surface area contributed by atoms with Crippen molar-refractivity contribution in [3.8, 4) is 0 Å². The van der Waals surface area contributed by atoms with E-state index in [0.29, 0.717) is 0 Å². The minimum absolute atomic E-state index is 0.0636. The standard InChI is InChI=1S/C19H22FN3O/c20-15-7-5-14(6-8-15)17-12-18(17)19(24)23-11-2-1-4-16(23)13-22-10-3-9-21-22/h3,5-10,16-18H,1-2,4,11-13H2. The van der Waals surface area contributed by atoms with Gasteiger partial charge in [-0.25, -0.2) is 4.39 Å². The van der Waals surface area contributed by atoms with Crippen molar-refractivity contribution in [2.75, 3.05) is 6.54 Å². The highest BCUT2D eigenvalue weighted by Crippen LogP contribution is 2.49. The molecule has 4 rings (SSSR count). The Morgan fingerprint density at radius 2 is 2.08 bits per heavy atom. The summed E-state index contributed by atoms with van der Waals surface area (Å²) in [4.78, 5) is 15.0. The molecular formula is C19H22FN3O. The van der Waals surface area contributed by atoms with Crippen LogP contribution in [0.15, 0.2) is 42.7 Å². The van der Waals surface area contributed by atoms with E-state index in [-0.39, 0.29) is 29.6 Å². The normalized spacial score (nSPS) is 26.4. The van der Waals surface area contributed by atoms with E-state index in [4.69, 9.17) is 0 Å². The van der Waals surface area contributed by atoms with Gasteiger partial charge in [0.1, 0.15) is 5.82 Å². The number of aromatic nitrogens is 2. The lowest BCUT2D eigenvalue weighted by molar-refractivity contribution is -0.136. The topological polar surface area (TPSA) is 38.1 Å². The average molecular weight is 327 g/mol. The first-order chi connectivity index (χ1) is 11.7. The third kappa shape index (κ3) is 3.07. The van der Waals surface area contributed by atoms with Crippen LogP contribution in [0, 0.1) is 11.7 Å². The van der Waals surface area contributed by atoms with Crippen molar-refractivity contribution >= 4 is 5.91 Å². The van der Waals surface area contributed by atoms with Crippen molar-refractivity contribution < 1.29 is 9.18 Å². The fourth-order valence-corrected chi connectivity index (χ4v) is 3.86. The van der Waals surface area contributed by atoms with Crippen molar-refractivity contribution in [1.29, 1.82) is 0 Å². The van der Waals surface area contributed by atoms with Crippen LogP contribution in [0.1, 0.15) is 37.2 Å². The highest BCUT2D eigenvalue weighted by molar-refractivity contribution is 5.83. The van der Waals surface area contributed by atoms with Crippen LogP contribution in [0.3, 0.4) is 0 Å². The minimum atomic E-state index is -0.224. The van der Waals surface area contributed by atoms with Gasteiger partial charge in [-0.1, -0.05) is 12.1 Å². The van der Waals surface area contributed by atoms with Gasteiger partial charge in [0.15, 0.2) is 0 Å². The molecule has 4 nitrogen and oxygen atoms in total. The molecule has 1 saturated carbocycles. The SMILES string of the molecule is O=C(C1CC1c1ccc(F)cc1)N1CCCCC1Cn1cccn1. The molecule has 2 aromatic rings. The van der Waals surface area contributed by atoms with E-state index in [1.165, 1.54) is 18.6 Å². The molecule has 1 aliphatic heterocycles. The number of likely N-dealkylation sites (tertiary alicyclic amines) is 1. The zero-order chi connectivity index (χ0) is 16.5. The lowest BCUT2D eigenvalue weighted by Crippen LogP contribution is -2.46. The van der Waals surface area contributed by atoms with Crippen molar-refractivity contribution in [3.63, 3.8) is 0 Å². The van der Waals surface area contributed by atoms with Crippen LogP contribution < -0.4 is 0 Å². The molecule has 0 spiro atoms. The number of rotatable bonds is 4. The maximum absolute atomic E-state index is 13.1. The molecule has 0 bridgehead atoms. The summed E-state index contributed by atoms with van der Waals surface area (Å²) in [6.45, 7) is 1.62. The number of amides is 1. The summed E-state index contributed by atoms with van der Waals surface area (Å²) in [5.74, 6) is 0.359. The van der Waals surface area contributed by atoms with Crippen LogP contribution in [-0.2, 0) is 11.3 Å². The third-order valence-electron chi connectivity index (χ3n) is 5.27. The number of benzene rings is 1. The number of hydrogen-bond acceptors (Lipinski definition) is 2. The smallest absolute Gasteiger partial charge is 0.226 e. The van der Waals surface area contributed by atoms with Crippen LogP contribution in [0.4, 0.5) is 4.39 Å². The Kier molecular flexibility index (Phi) is 4.08. The van der Waals surface area contributed by atoms with Crippen molar-refractivity contribution in [2.24, 2.45) is 5.92 Å². The summed E-state index contributed by atoms with van der Waals surface area (Å²) >= 11 is 0. The molecule has 0 N–H and O–H groups in total. The Labute approximate surface area is 141 Å². The monoisotopic (exact) mass is 327 g/mol. The minimum Gasteiger partial charge on any atom is -0.338 e. The van der Waals surface area contributed by atoms with Crippen molar-refractivity contribution in [3.05, 3.63) is 54.1 Å². The van der Waals surface area contributed by atoms with Crippen molar-refractivity contribution in [2.45, 2.75) is 44.2 Å². The zero-order valence-electron chi connectivity index (χ0n) is 13.6. The zero-order valence-corrected chi connectivity index (χ0v) is 13.6. The molecule has 1 aromatic carbocycles. The second kappa shape index (κ2) is 6.38. The molecule has 2 aliphatic rings. The molecule has 1 aromatic heterocycles. The molecular weight excluding hydrogens is 305 g/mol. The second-order valence-corrected chi connectivity index (χ2v) is 6.91.